The first-order valence-corrected chi connectivity index (χ1v) is 11.2. The topological polar surface area (TPSA) is 96.4 Å². The molecule has 0 radical (unpaired) electrons. The third-order valence-corrected chi connectivity index (χ3v) is 6.43. The maximum Gasteiger partial charge on any atom is 0.231 e. The van der Waals surface area contributed by atoms with E-state index in [2.05, 4.69) is 17.2 Å². The maximum atomic E-state index is 12.5. The van der Waals surface area contributed by atoms with Crippen molar-refractivity contribution in [1.82, 2.24) is 9.88 Å². The van der Waals surface area contributed by atoms with E-state index in [1.807, 2.05) is 0 Å². The monoisotopic (exact) mass is 395 g/mol. The van der Waals surface area contributed by atoms with Crippen molar-refractivity contribution in [2.45, 2.75) is 31.1 Å². The number of benzene rings is 1. The van der Waals surface area contributed by atoms with Gasteiger partial charge in [0.1, 0.15) is 0 Å². The van der Waals surface area contributed by atoms with E-state index in [9.17, 15) is 18.0 Å². The number of likely N-dealkylation sites (tertiary alicyclic amines) is 1. The molecule has 0 aliphatic carbocycles. The number of nitrogens with zero attached hydrogens (tertiary/aromatic N) is 2. The number of anilines is 1. The molecule has 3 rings (SSSR count). The lowest BCUT2D eigenvalue weighted by molar-refractivity contribution is -0.128. The molecule has 1 aromatic heterocycles. The summed E-state index contributed by atoms with van der Waals surface area (Å²) in [4.78, 5) is 30.7. The highest BCUT2D eigenvalue weighted by Crippen LogP contribution is 2.29. The number of aromatic nitrogens is 1. The molecule has 7 nitrogen and oxygen atoms in total. The Morgan fingerprint density at radius 3 is 2.88 bits per heavy atom. The van der Waals surface area contributed by atoms with Crippen LogP contribution < -0.4 is 5.32 Å². The van der Waals surface area contributed by atoms with Gasteiger partial charge in [0, 0.05) is 25.8 Å². The molecule has 9 heteroatoms. The molecule has 1 atom stereocenters. The molecule has 1 aliphatic heterocycles. The Kier molecular flexibility index (Phi) is 5.29. The van der Waals surface area contributed by atoms with E-state index in [0.717, 1.165) is 19.1 Å². The highest BCUT2D eigenvalue weighted by atomic mass is 32.2. The molecular weight excluding hydrogens is 374 g/mol. The van der Waals surface area contributed by atoms with Crippen LogP contribution in [0.25, 0.3) is 10.2 Å². The zero-order valence-corrected chi connectivity index (χ0v) is 16.3. The van der Waals surface area contributed by atoms with Gasteiger partial charge in [-0.05, 0) is 24.6 Å². The van der Waals surface area contributed by atoms with Crippen LogP contribution in [-0.2, 0) is 19.4 Å². The van der Waals surface area contributed by atoms with E-state index >= 15 is 0 Å². The third-order valence-electron chi connectivity index (χ3n) is 4.39. The minimum Gasteiger partial charge on any atom is -0.342 e. The number of amides is 2. The van der Waals surface area contributed by atoms with Gasteiger partial charge in [-0.2, -0.15) is 0 Å². The van der Waals surface area contributed by atoms with Gasteiger partial charge in [-0.1, -0.05) is 24.7 Å². The van der Waals surface area contributed by atoms with E-state index in [0.29, 0.717) is 28.4 Å². The molecule has 0 spiro atoms. The zero-order valence-electron chi connectivity index (χ0n) is 14.7. The van der Waals surface area contributed by atoms with Crippen LogP contribution in [0, 0.1) is 5.92 Å². The molecule has 1 aromatic carbocycles. The largest absolute Gasteiger partial charge is 0.342 e. The average molecular weight is 396 g/mol. The van der Waals surface area contributed by atoms with Crippen LogP contribution in [0.1, 0.15) is 26.2 Å². The smallest absolute Gasteiger partial charge is 0.231 e. The number of hydrogen-bond donors (Lipinski definition) is 1. The summed E-state index contributed by atoms with van der Waals surface area (Å²) in [6.45, 7) is 3.19. The quantitative estimate of drug-likeness (QED) is 0.809. The van der Waals surface area contributed by atoms with Crippen LogP contribution in [-0.4, -0.2) is 49.5 Å². The molecule has 1 saturated heterocycles. The first-order valence-electron chi connectivity index (χ1n) is 8.47. The number of fused-ring (bicyclic) bond motifs is 1. The summed E-state index contributed by atoms with van der Waals surface area (Å²) in [5.41, 5.74) is 0.629. The van der Waals surface area contributed by atoms with Gasteiger partial charge in [-0.25, -0.2) is 13.4 Å². The predicted octanol–water partition coefficient (Wildman–Crippen LogP) is 2.29. The van der Waals surface area contributed by atoms with Crippen molar-refractivity contribution >= 4 is 48.3 Å². The Morgan fingerprint density at radius 1 is 1.42 bits per heavy atom. The number of sulfone groups is 1. The third kappa shape index (κ3) is 4.04. The Balaban J connectivity index is 1.71. The Labute approximate surface area is 156 Å². The maximum absolute atomic E-state index is 12.5. The van der Waals surface area contributed by atoms with E-state index in [-0.39, 0.29) is 29.0 Å². The van der Waals surface area contributed by atoms with Gasteiger partial charge in [0.15, 0.2) is 15.0 Å². The Hall–Kier alpha value is -2.00. The lowest BCUT2D eigenvalue weighted by Gasteiger charge is -2.15. The molecule has 2 aromatic rings. The predicted molar refractivity (Wildman–Crippen MR) is 101 cm³/mol. The molecule has 0 saturated carbocycles. The standard InChI is InChI=1S/C17H21N3O4S2/c1-3-4-7-20-10-11(8-15(20)21)16(22)19-17-18-13-6-5-12(26(2,23)24)9-14(13)25-17/h5-6,9,11H,3-4,7-8,10H2,1-2H3,(H,18,19,22)/t11-/m1/s1. The summed E-state index contributed by atoms with van der Waals surface area (Å²) in [7, 11) is -3.29. The number of nitrogens with one attached hydrogen (secondary N) is 1. The molecule has 2 heterocycles. The van der Waals surface area contributed by atoms with Crippen molar-refractivity contribution < 1.29 is 18.0 Å². The van der Waals surface area contributed by atoms with Crippen LogP contribution in [0.5, 0.6) is 0 Å². The summed E-state index contributed by atoms with van der Waals surface area (Å²) >= 11 is 1.22. The normalized spacial score (nSPS) is 17.8. The molecule has 1 fully saturated rings. The Bertz CT molecular complexity index is 952. The zero-order chi connectivity index (χ0) is 18.9. The molecule has 1 aliphatic rings. The van der Waals surface area contributed by atoms with Gasteiger partial charge in [-0.3, -0.25) is 9.59 Å². The summed E-state index contributed by atoms with van der Waals surface area (Å²) in [6.07, 6.45) is 3.31. The molecule has 0 unspecified atom stereocenters. The molecule has 140 valence electrons. The highest BCUT2D eigenvalue weighted by molar-refractivity contribution is 7.90. The van der Waals surface area contributed by atoms with E-state index in [1.54, 1.807) is 17.0 Å². The lowest BCUT2D eigenvalue weighted by Crippen LogP contribution is -2.29. The minimum atomic E-state index is -3.29. The van der Waals surface area contributed by atoms with Crippen molar-refractivity contribution in [2.75, 3.05) is 24.7 Å². The molecule has 2 amide bonds. The SMILES string of the molecule is CCCCN1C[C@H](C(=O)Nc2nc3ccc(S(C)(=O)=O)cc3s2)CC1=O. The van der Waals surface area contributed by atoms with Crippen molar-refractivity contribution in [1.29, 1.82) is 0 Å². The first-order chi connectivity index (χ1) is 12.3. The van der Waals surface area contributed by atoms with Crippen molar-refractivity contribution in [2.24, 2.45) is 5.92 Å². The van der Waals surface area contributed by atoms with Gasteiger partial charge >= 0.3 is 0 Å². The number of carbonyl (C=O) groups is 2. The van der Waals surface area contributed by atoms with Crippen LogP contribution in [0.2, 0.25) is 0 Å². The second kappa shape index (κ2) is 7.32. The fourth-order valence-corrected chi connectivity index (χ4v) is 4.54. The minimum absolute atomic E-state index is 0.0145. The number of thiazole rings is 1. The first kappa shape index (κ1) is 18.8. The lowest BCUT2D eigenvalue weighted by atomic mass is 10.1. The van der Waals surface area contributed by atoms with Crippen molar-refractivity contribution in [3.8, 4) is 0 Å². The fourth-order valence-electron chi connectivity index (χ4n) is 2.91. The van der Waals surface area contributed by atoms with Crippen LogP contribution in [0.4, 0.5) is 5.13 Å². The van der Waals surface area contributed by atoms with Gasteiger partial charge in [0.05, 0.1) is 21.0 Å². The summed E-state index contributed by atoms with van der Waals surface area (Å²) in [5, 5.41) is 3.18. The van der Waals surface area contributed by atoms with Crippen LogP contribution >= 0.6 is 11.3 Å². The molecule has 0 bridgehead atoms. The van der Waals surface area contributed by atoms with Crippen LogP contribution in [0.3, 0.4) is 0 Å². The number of rotatable bonds is 6. The van der Waals surface area contributed by atoms with Crippen molar-refractivity contribution in [3.05, 3.63) is 18.2 Å². The van der Waals surface area contributed by atoms with Gasteiger partial charge in [0.25, 0.3) is 0 Å². The highest BCUT2D eigenvalue weighted by Gasteiger charge is 2.34. The number of carbonyl (C=O) groups excluding carboxylic acids is 2. The van der Waals surface area contributed by atoms with Gasteiger partial charge in [-0.15, -0.1) is 0 Å². The summed E-state index contributed by atoms with van der Waals surface area (Å²) in [6, 6.07) is 4.69. The summed E-state index contributed by atoms with van der Waals surface area (Å²) in [5.74, 6) is -0.585. The Morgan fingerprint density at radius 2 is 2.19 bits per heavy atom. The van der Waals surface area contributed by atoms with E-state index < -0.39 is 9.84 Å². The van der Waals surface area contributed by atoms with E-state index in [1.165, 1.54) is 17.4 Å². The molecular formula is C17H21N3O4S2. The van der Waals surface area contributed by atoms with Gasteiger partial charge in [0.2, 0.25) is 11.8 Å². The summed E-state index contributed by atoms with van der Waals surface area (Å²) < 4.78 is 24.0. The van der Waals surface area contributed by atoms with Gasteiger partial charge < -0.3 is 10.2 Å². The second-order valence-corrected chi connectivity index (χ2v) is 9.55. The number of unbranched alkanes of at least 4 members (excludes halogenated alkanes) is 1. The second-order valence-electron chi connectivity index (χ2n) is 6.50. The molecule has 1 N–H and O–H groups in total. The average Bonchev–Trinajstić information content (AvgIpc) is 3.14. The van der Waals surface area contributed by atoms with Crippen molar-refractivity contribution in [3.63, 3.8) is 0 Å². The molecule has 26 heavy (non-hydrogen) atoms. The number of hydrogen-bond acceptors (Lipinski definition) is 6. The van der Waals surface area contributed by atoms with Crippen LogP contribution in [0.15, 0.2) is 23.1 Å². The fraction of sp³-hybridized carbons (Fsp3) is 0.471. The van der Waals surface area contributed by atoms with E-state index in [4.69, 9.17) is 0 Å².